The summed E-state index contributed by atoms with van der Waals surface area (Å²) in [6.07, 6.45) is -0.926. The molecular formula is C27H29F3N6O3. The van der Waals surface area contributed by atoms with Gasteiger partial charge in [0.25, 0.3) is 5.89 Å². The van der Waals surface area contributed by atoms with E-state index in [2.05, 4.69) is 20.4 Å². The van der Waals surface area contributed by atoms with Gasteiger partial charge in [0.1, 0.15) is 5.82 Å². The third-order valence-electron chi connectivity index (χ3n) is 6.88. The molecule has 2 fully saturated rings. The summed E-state index contributed by atoms with van der Waals surface area (Å²) in [6.45, 7) is 3.87. The molecule has 1 saturated carbocycles. The highest BCUT2D eigenvalue weighted by Gasteiger charge is 2.34. The number of rotatable bonds is 9. The van der Waals surface area contributed by atoms with Crippen molar-refractivity contribution in [1.29, 1.82) is 0 Å². The molecule has 12 heteroatoms. The molecule has 0 radical (unpaired) electrons. The van der Waals surface area contributed by atoms with Crippen LogP contribution in [-0.2, 0) is 11.3 Å². The first-order valence-corrected chi connectivity index (χ1v) is 12.9. The Morgan fingerprint density at radius 2 is 1.79 bits per heavy atom. The van der Waals surface area contributed by atoms with Crippen LogP contribution in [0.5, 0.6) is 0 Å². The molecule has 39 heavy (non-hydrogen) atoms. The average molecular weight is 543 g/mol. The molecule has 1 aliphatic heterocycles. The van der Waals surface area contributed by atoms with E-state index in [1.165, 1.54) is 17.0 Å². The van der Waals surface area contributed by atoms with E-state index in [4.69, 9.17) is 4.42 Å². The molecule has 5 rings (SSSR count). The number of carbonyl (C=O) groups is 2. The van der Waals surface area contributed by atoms with Crippen LogP contribution in [0.1, 0.15) is 30.7 Å². The van der Waals surface area contributed by atoms with Crippen molar-refractivity contribution in [2.24, 2.45) is 5.92 Å². The fourth-order valence-corrected chi connectivity index (χ4v) is 4.50. The van der Waals surface area contributed by atoms with Crippen molar-refractivity contribution in [3.05, 3.63) is 65.8 Å². The van der Waals surface area contributed by atoms with E-state index in [0.717, 1.165) is 32.0 Å². The van der Waals surface area contributed by atoms with Gasteiger partial charge in [-0.25, -0.2) is 9.18 Å². The Kier molecular flexibility index (Phi) is 8.10. The number of para-hydroxylation sites is 1. The molecule has 1 saturated heterocycles. The molecule has 2 aliphatic rings. The number of hydrogen-bond donors (Lipinski definition) is 1. The average Bonchev–Trinajstić information content (AvgIpc) is 3.68. The number of alkyl halides is 2. The second-order valence-corrected chi connectivity index (χ2v) is 9.65. The summed E-state index contributed by atoms with van der Waals surface area (Å²) >= 11 is 0. The molecule has 0 spiro atoms. The maximum Gasteiger partial charge on any atom is 0.322 e. The molecule has 9 nitrogen and oxygen atoms in total. The molecule has 2 aromatic carbocycles. The third-order valence-corrected chi connectivity index (χ3v) is 6.88. The number of aromatic nitrogens is 2. The summed E-state index contributed by atoms with van der Waals surface area (Å²) in [5.74, 6) is -1.22. The number of benzene rings is 2. The second-order valence-electron chi connectivity index (χ2n) is 9.65. The van der Waals surface area contributed by atoms with Gasteiger partial charge in [-0.15, -0.1) is 10.2 Å². The lowest BCUT2D eigenvalue weighted by atomic mass is 10.1. The van der Waals surface area contributed by atoms with Crippen LogP contribution < -0.4 is 10.2 Å². The van der Waals surface area contributed by atoms with E-state index in [9.17, 15) is 18.4 Å². The Morgan fingerprint density at radius 3 is 2.44 bits per heavy atom. The summed E-state index contributed by atoms with van der Waals surface area (Å²) in [5, 5.41) is 9.74. The molecule has 3 aromatic rings. The van der Waals surface area contributed by atoms with E-state index >= 15 is 4.39 Å². The van der Waals surface area contributed by atoms with Crippen LogP contribution >= 0.6 is 0 Å². The first kappa shape index (κ1) is 26.7. The Morgan fingerprint density at radius 1 is 1.05 bits per heavy atom. The Bertz CT molecular complexity index is 1290. The van der Waals surface area contributed by atoms with Gasteiger partial charge < -0.3 is 14.6 Å². The second kappa shape index (κ2) is 11.9. The minimum Gasteiger partial charge on any atom is -0.415 e. The first-order valence-electron chi connectivity index (χ1n) is 12.9. The first-order chi connectivity index (χ1) is 18.9. The fourth-order valence-electron chi connectivity index (χ4n) is 4.50. The topological polar surface area (TPSA) is 94.8 Å². The number of hydrogen-bond acceptors (Lipinski definition) is 6. The number of carbonyl (C=O) groups excluding carboxylic acids is 2. The van der Waals surface area contributed by atoms with E-state index in [-0.39, 0.29) is 41.4 Å². The molecule has 0 bridgehead atoms. The van der Waals surface area contributed by atoms with Crippen LogP contribution in [0.2, 0.25) is 0 Å². The van der Waals surface area contributed by atoms with Crippen molar-refractivity contribution in [2.75, 3.05) is 44.2 Å². The highest BCUT2D eigenvalue weighted by atomic mass is 19.3. The number of nitrogens with one attached hydrogen (secondary N) is 1. The standard InChI is InChI=1S/C27H29F3N6O3/c28-22-16-19(24-32-33-25(39-24)23(29)30)8-9-20(22)17-36(21-4-2-1-3-5-21)27(38)31-10-11-34-12-14-35(15-13-34)26(37)18-6-7-18/h1-5,8-9,16,18,23H,6-7,10-15,17H2,(H,31,38). The molecule has 1 aliphatic carbocycles. The van der Waals surface area contributed by atoms with E-state index in [0.29, 0.717) is 31.9 Å². The van der Waals surface area contributed by atoms with Gasteiger partial charge in [0.05, 0.1) is 6.54 Å². The zero-order valence-electron chi connectivity index (χ0n) is 21.2. The summed E-state index contributed by atoms with van der Waals surface area (Å²) < 4.78 is 45.5. The molecule has 3 amide bonds. The van der Waals surface area contributed by atoms with Crippen molar-refractivity contribution in [2.45, 2.75) is 25.8 Å². The molecule has 206 valence electrons. The largest absolute Gasteiger partial charge is 0.415 e. The Hall–Kier alpha value is -3.93. The van der Waals surface area contributed by atoms with Gasteiger partial charge in [0, 0.05) is 62.0 Å². The van der Waals surface area contributed by atoms with Gasteiger partial charge in [0.15, 0.2) is 0 Å². The van der Waals surface area contributed by atoms with E-state index < -0.39 is 18.1 Å². The van der Waals surface area contributed by atoms with Crippen LogP contribution in [-0.4, -0.2) is 71.2 Å². The van der Waals surface area contributed by atoms with Gasteiger partial charge in [-0.1, -0.05) is 24.3 Å². The summed E-state index contributed by atoms with van der Waals surface area (Å²) in [5.41, 5.74) is 0.970. The molecule has 0 unspecified atom stereocenters. The Balaban J connectivity index is 1.20. The predicted molar refractivity (Wildman–Crippen MR) is 136 cm³/mol. The predicted octanol–water partition coefficient (Wildman–Crippen LogP) is 4.08. The molecule has 0 atom stereocenters. The quantitative estimate of drug-likeness (QED) is 0.438. The van der Waals surface area contributed by atoms with E-state index in [1.807, 2.05) is 11.0 Å². The maximum absolute atomic E-state index is 15.0. The lowest BCUT2D eigenvalue weighted by Crippen LogP contribution is -2.51. The number of urea groups is 1. The van der Waals surface area contributed by atoms with Crippen molar-refractivity contribution >= 4 is 17.6 Å². The third kappa shape index (κ3) is 6.56. The number of anilines is 1. The van der Waals surface area contributed by atoms with Crippen molar-refractivity contribution in [3.63, 3.8) is 0 Å². The zero-order chi connectivity index (χ0) is 27.4. The molecular weight excluding hydrogens is 513 g/mol. The van der Waals surface area contributed by atoms with E-state index in [1.54, 1.807) is 24.3 Å². The summed E-state index contributed by atoms with van der Waals surface area (Å²) in [7, 11) is 0. The highest BCUT2D eigenvalue weighted by molar-refractivity contribution is 5.91. The normalized spacial score (nSPS) is 15.9. The van der Waals surface area contributed by atoms with Crippen molar-refractivity contribution in [1.82, 2.24) is 25.3 Å². The van der Waals surface area contributed by atoms with Gasteiger partial charge in [-0.3, -0.25) is 14.6 Å². The maximum atomic E-state index is 15.0. The Labute approximate surface area is 223 Å². The summed E-state index contributed by atoms with van der Waals surface area (Å²) in [6, 6.07) is 12.6. The summed E-state index contributed by atoms with van der Waals surface area (Å²) in [4.78, 5) is 31.0. The molecule has 1 aromatic heterocycles. The number of halogens is 3. The smallest absolute Gasteiger partial charge is 0.322 e. The van der Waals surface area contributed by atoms with Crippen molar-refractivity contribution in [3.8, 4) is 11.5 Å². The van der Waals surface area contributed by atoms with Crippen LogP contribution in [0.4, 0.5) is 23.7 Å². The van der Waals surface area contributed by atoms with Gasteiger partial charge >= 0.3 is 12.5 Å². The number of piperazine rings is 1. The van der Waals surface area contributed by atoms with Gasteiger partial charge in [0.2, 0.25) is 11.8 Å². The zero-order valence-corrected chi connectivity index (χ0v) is 21.2. The fraction of sp³-hybridized carbons (Fsp3) is 0.407. The molecule has 1 N–H and O–H groups in total. The van der Waals surface area contributed by atoms with Crippen LogP contribution in [0.15, 0.2) is 52.9 Å². The van der Waals surface area contributed by atoms with Crippen LogP contribution in [0.25, 0.3) is 11.5 Å². The van der Waals surface area contributed by atoms with Gasteiger partial charge in [-0.2, -0.15) is 8.78 Å². The number of nitrogens with zero attached hydrogens (tertiary/aromatic N) is 5. The van der Waals surface area contributed by atoms with Crippen LogP contribution in [0, 0.1) is 11.7 Å². The lowest BCUT2D eigenvalue weighted by molar-refractivity contribution is -0.134. The molecule has 2 heterocycles. The van der Waals surface area contributed by atoms with Crippen LogP contribution in [0.3, 0.4) is 0 Å². The highest BCUT2D eigenvalue weighted by Crippen LogP contribution is 2.31. The van der Waals surface area contributed by atoms with Crippen molar-refractivity contribution < 1.29 is 27.2 Å². The lowest BCUT2D eigenvalue weighted by Gasteiger charge is -2.35. The monoisotopic (exact) mass is 542 g/mol. The minimum atomic E-state index is -2.92. The minimum absolute atomic E-state index is 0.0595. The SMILES string of the molecule is O=C(C1CC1)N1CCN(CCNC(=O)N(Cc2ccc(-c3nnc(C(F)F)o3)cc2F)c2ccccc2)CC1. The number of amides is 3. The van der Waals surface area contributed by atoms with Gasteiger partial charge in [-0.05, 0) is 37.1 Å².